The van der Waals surface area contributed by atoms with E-state index < -0.39 is 6.29 Å². The van der Waals surface area contributed by atoms with Gasteiger partial charge in [-0.15, -0.1) is 0 Å². The van der Waals surface area contributed by atoms with Crippen LogP contribution in [0, 0.1) is 11.8 Å². The highest BCUT2D eigenvalue weighted by Crippen LogP contribution is 2.48. The van der Waals surface area contributed by atoms with Gasteiger partial charge in [0.1, 0.15) is 0 Å². The fourth-order valence-corrected chi connectivity index (χ4v) is 2.66. The van der Waals surface area contributed by atoms with Crippen molar-refractivity contribution in [2.24, 2.45) is 11.8 Å². The van der Waals surface area contributed by atoms with Crippen LogP contribution in [-0.4, -0.2) is 29.6 Å². The molecule has 4 heteroatoms. The molecule has 3 fully saturated rings. The lowest BCUT2D eigenvalue weighted by atomic mass is 9.81. The van der Waals surface area contributed by atoms with Crippen molar-refractivity contribution in [1.29, 1.82) is 0 Å². The predicted molar refractivity (Wildman–Crippen MR) is 37.0 cm³/mol. The summed E-state index contributed by atoms with van der Waals surface area (Å²) in [6.07, 6.45) is 1.05. The lowest BCUT2D eigenvalue weighted by molar-refractivity contribution is -0.162. The normalized spacial score (nSPS) is 55.8. The second-order valence-electron chi connectivity index (χ2n) is 3.72. The summed E-state index contributed by atoms with van der Waals surface area (Å²) in [6, 6.07) is 0. The molecule has 3 aliphatic rings. The van der Waals surface area contributed by atoms with Crippen LogP contribution < -0.4 is 0 Å². The number of aliphatic hydroxyl groups is 1. The van der Waals surface area contributed by atoms with Gasteiger partial charge in [-0.2, -0.15) is 0 Å². The minimum Gasteiger partial charge on any atom is -0.435 e. The highest BCUT2D eigenvalue weighted by Gasteiger charge is 2.60. The van der Waals surface area contributed by atoms with Crippen molar-refractivity contribution in [3.63, 3.8) is 0 Å². The van der Waals surface area contributed by atoms with Gasteiger partial charge in [-0.05, 0) is 12.8 Å². The van der Waals surface area contributed by atoms with Crippen molar-refractivity contribution < 1.29 is 19.4 Å². The summed E-state index contributed by atoms with van der Waals surface area (Å²) >= 11 is 0. The Hall–Kier alpha value is -0.610. The quantitative estimate of drug-likeness (QED) is 0.505. The summed E-state index contributed by atoms with van der Waals surface area (Å²) in [5, 5.41) is 9.37. The Morgan fingerprint density at radius 3 is 2.83 bits per heavy atom. The first kappa shape index (κ1) is 6.86. The van der Waals surface area contributed by atoms with Crippen LogP contribution in [0.25, 0.3) is 0 Å². The maximum absolute atomic E-state index is 11.2. The molecule has 0 spiro atoms. The van der Waals surface area contributed by atoms with Crippen LogP contribution in [0.4, 0.5) is 0 Å². The Labute approximate surface area is 69.5 Å². The third kappa shape index (κ3) is 0.630. The van der Waals surface area contributed by atoms with Gasteiger partial charge in [-0.3, -0.25) is 4.79 Å². The fourth-order valence-electron chi connectivity index (χ4n) is 2.66. The zero-order valence-corrected chi connectivity index (χ0v) is 6.47. The van der Waals surface area contributed by atoms with Crippen LogP contribution in [-0.2, 0) is 14.3 Å². The highest BCUT2D eigenvalue weighted by atomic mass is 16.7. The highest BCUT2D eigenvalue weighted by molar-refractivity contribution is 5.76. The summed E-state index contributed by atoms with van der Waals surface area (Å²) in [7, 11) is 0. The first-order valence-electron chi connectivity index (χ1n) is 4.31. The standard InChI is InChI=1S/C8H10O4/c9-7-5-3-1-2-4(11-3)6(5)8(10)12-7/h3-7,9H,1-2H2/t3-,4-,5+,6-,7+/m1/s1. The van der Waals surface area contributed by atoms with Crippen molar-refractivity contribution in [3.05, 3.63) is 0 Å². The summed E-state index contributed by atoms with van der Waals surface area (Å²) in [4.78, 5) is 11.2. The van der Waals surface area contributed by atoms with E-state index in [1.807, 2.05) is 0 Å². The van der Waals surface area contributed by atoms with Crippen molar-refractivity contribution >= 4 is 5.97 Å². The predicted octanol–water partition coefficient (Wildman–Crippen LogP) is -0.345. The summed E-state index contributed by atoms with van der Waals surface area (Å²) in [6.45, 7) is 0. The third-order valence-electron chi connectivity index (χ3n) is 3.17. The Balaban J connectivity index is 1.97. The molecule has 1 N–H and O–H groups in total. The molecule has 12 heavy (non-hydrogen) atoms. The van der Waals surface area contributed by atoms with Gasteiger partial charge in [-0.25, -0.2) is 0 Å². The van der Waals surface area contributed by atoms with Gasteiger partial charge < -0.3 is 14.6 Å². The second kappa shape index (κ2) is 2.00. The lowest BCUT2D eigenvalue weighted by Gasteiger charge is -2.17. The van der Waals surface area contributed by atoms with E-state index in [0.29, 0.717) is 0 Å². The average molecular weight is 170 g/mol. The summed E-state index contributed by atoms with van der Waals surface area (Å²) in [5.74, 6) is -0.547. The SMILES string of the molecule is O=C1O[C@H](O)[C@@H]2[C@H]1[C@H]1CC[C@H]2O1. The number of hydrogen-bond acceptors (Lipinski definition) is 4. The third-order valence-corrected chi connectivity index (χ3v) is 3.17. The van der Waals surface area contributed by atoms with Gasteiger partial charge in [0.15, 0.2) is 0 Å². The van der Waals surface area contributed by atoms with Gasteiger partial charge in [0.25, 0.3) is 0 Å². The molecule has 3 saturated heterocycles. The van der Waals surface area contributed by atoms with Crippen LogP contribution in [0.1, 0.15) is 12.8 Å². The molecule has 5 atom stereocenters. The van der Waals surface area contributed by atoms with Crippen molar-refractivity contribution in [2.45, 2.75) is 31.3 Å². The molecule has 0 radical (unpaired) electrons. The molecule has 3 aliphatic heterocycles. The summed E-state index contributed by atoms with van der Waals surface area (Å²) in [5.41, 5.74) is 0. The van der Waals surface area contributed by atoms with E-state index in [1.54, 1.807) is 0 Å². The number of ether oxygens (including phenoxy) is 2. The molecule has 3 rings (SSSR count). The van der Waals surface area contributed by atoms with Crippen molar-refractivity contribution in [3.8, 4) is 0 Å². The van der Waals surface area contributed by atoms with Crippen LogP contribution in [0.5, 0.6) is 0 Å². The number of fused-ring (bicyclic) bond motifs is 5. The van der Waals surface area contributed by atoms with E-state index in [2.05, 4.69) is 0 Å². The average Bonchev–Trinajstić information content (AvgIpc) is 2.64. The second-order valence-corrected chi connectivity index (χ2v) is 3.72. The minimum atomic E-state index is -0.919. The molecule has 66 valence electrons. The molecule has 0 aliphatic carbocycles. The smallest absolute Gasteiger partial charge is 0.314 e. The molecule has 0 unspecified atom stereocenters. The molecular formula is C8H10O4. The maximum atomic E-state index is 11.2. The van der Waals surface area contributed by atoms with Gasteiger partial charge in [0.2, 0.25) is 6.29 Å². The Bertz CT molecular complexity index is 239. The molecule has 0 aromatic rings. The molecular weight excluding hydrogens is 160 g/mol. The number of cyclic esters (lactones) is 1. The van der Waals surface area contributed by atoms with Crippen LogP contribution in [0.3, 0.4) is 0 Å². The Morgan fingerprint density at radius 1 is 1.33 bits per heavy atom. The molecule has 0 saturated carbocycles. The number of rotatable bonds is 0. The zero-order chi connectivity index (χ0) is 8.29. The van der Waals surface area contributed by atoms with E-state index in [0.717, 1.165) is 12.8 Å². The van der Waals surface area contributed by atoms with E-state index in [1.165, 1.54) is 0 Å². The monoisotopic (exact) mass is 170 g/mol. The van der Waals surface area contributed by atoms with Crippen molar-refractivity contribution in [2.75, 3.05) is 0 Å². The zero-order valence-electron chi connectivity index (χ0n) is 6.47. The van der Waals surface area contributed by atoms with Crippen LogP contribution in [0.2, 0.25) is 0 Å². The number of carbonyl (C=O) groups excluding carboxylic acids is 1. The molecule has 0 aromatic carbocycles. The fraction of sp³-hybridized carbons (Fsp3) is 0.875. The Kier molecular flexibility index (Phi) is 1.14. The van der Waals surface area contributed by atoms with Gasteiger partial charge in [0.05, 0.1) is 24.0 Å². The van der Waals surface area contributed by atoms with Crippen LogP contribution in [0.15, 0.2) is 0 Å². The van der Waals surface area contributed by atoms with E-state index in [4.69, 9.17) is 9.47 Å². The number of hydrogen-bond donors (Lipinski definition) is 1. The maximum Gasteiger partial charge on any atom is 0.314 e. The first-order valence-corrected chi connectivity index (χ1v) is 4.31. The minimum absolute atomic E-state index is 0.0182. The number of carbonyl (C=O) groups is 1. The topological polar surface area (TPSA) is 55.8 Å². The number of esters is 1. The van der Waals surface area contributed by atoms with E-state index in [9.17, 15) is 9.90 Å². The molecule has 4 nitrogen and oxygen atoms in total. The molecule has 3 heterocycles. The molecule has 2 bridgehead atoms. The molecule has 0 amide bonds. The van der Waals surface area contributed by atoms with Gasteiger partial charge in [-0.1, -0.05) is 0 Å². The molecule has 0 aromatic heterocycles. The number of aliphatic hydroxyl groups excluding tert-OH is 1. The van der Waals surface area contributed by atoms with Crippen molar-refractivity contribution in [1.82, 2.24) is 0 Å². The summed E-state index contributed by atoms with van der Waals surface area (Å²) < 4.78 is 10.3. The first-order chi connectivity index (χ1) is 5.77. The van der Waals surface area contributed by atoms with Gasteiger partial charge >= 0.3 is 5.97 Å². The Morgan fingerprint density at radius 2 is 2.08 bits per heavy atom. The van der Waals surface area contributed by atoms with Gasteiger partial charge in [0, 0.05) is 0 Å². The lowest BCUT2D eigenvalue weighted by Crippen LogP contribution is -2.30. The van der Waals surface area contributed by atoms with E-state index >= 15 is 0 Å². The van der Waals surface area contributed by atoms with Crippen LogP contribution >= 0.6 is 0 Å². The van der Waals surface area contributed by atoms with E-state index in [-0.39, 0.29) is 30.0 Å². The largest absolute Gasteiger partial charge is 0.435 e.